The fourth-order valence-electron chi connectivity index (χ4n) is 1.73. The van der Waals surface area contributed by atoms with E-state index in [1.54, 1.807) is 11.8 Å². The lowest BCUT2D eigenvalue weighted by atomic mass is 10.1. The Kier molecular flexibility index (Phi) is 5.38. The lowest BCUT2D eigenvalue weighted by Gasteiger charge is -2.06. The van der Waals surface area contributed by atoms with Crippen molar-refractivity contribution in [3.63, 3.8) is 0 Å². The molecule has 6 heteroatoms. The number of benzene rings is 1. The predicted octanol–water partition coefficient (Wildman–Crippen LogP) is 3.09. The van der Waals surface area contributed by atoms with Crippen LogP contribution in [0.25, 0.3) is 11.4 Å². The van der Waals surface area contributed by atoms with Gasteiger partial charge in [0, 0.05) is 11.3 Å². The van der Waals surface area contributed by atoms with Crippen LogP contribution in [0.5, 0.6) is 0 Å². The Morgan fingerprint density at radius 2 is 2.10 bits per heavy atom. The standard InChI is InChI=1S/C15H18N2O3S/c1-10-4-6-12(7-5-10)14-16-13(20-17-14)9-21-8-11(2)15(18)19-3/h4-7,11H,8-9H2,1-3H3. The molecule has 1 heterocycles. The maximum absolute atomic E-state index is 11.3. The number of carbonyl (C=O) groups is 1. The van der Waals surface area contributed by atoms with E-state index in [9.17, 15) is 4.79 Å². The van der Waals surface area contributed by atoms with Gasteiger partial charge in [0.15, 0.2) is 0 Å². The Balaban J connectivity index is 1.89. The predicted molar refractivity (Wildman–Crippen MR) is 81.8 cm³/mol. The van der Waals surface area contributed by atoms with Gasteiger partial charge in [-0.25, -0.2) is 0 Å². The molecule has 21 heavy (non-hydrogen) atoms. The Morgan fingerprint density at radius 3 is 2.76 bits per heavy atom. The van der Waals surface area contributed by atoms with Gasteiger partial charge in [0.05, 0.1) is 18.8 Å². The van der Waals surface area contributed by atoms with E-state index in [4.69, 9.17) is 4.52 Å². The monoisotopic (exact) mass is 306 g/mol. The summed E-state index contributed by atoms with van der Waals surface area (Å²) in [5, 5.41) is 3.97. The summed E-state index contributed by atoms with van der Waals surface area (Å²) in [4.78, 5) is 15.6. The molecular formula is C15H18N2O3S. The number of thioether (sulfide) groups is 1. The van der Waals surface area contributed by atoms with Crippen LogP contribution in [0.15, 0.2) is 28.8 Å². The average Bonchev–Trinajstić information content (AvgIpc) is 2.95. The molecule has 5 nitrogen and oxygen atoms in total. The van der Waals surface area contributed by atoms with Gasteiger partial charge < -0.3 is 9.26 Å². The van der Waals surface area contributed by atoms with Gasteiger partial charge in [-0.15, -0.1) is 0 Å². The van der Waals surface area contributed by atoms with E-state index < -0.39 is 0 Å². The maximum atomic E-state index is 11.3. The summed E-state index contributed by atoms with van der Waals surface area (Å²) in [6.07, 6.45) is 0. The molecule has 112 valence electrons. The first-order chi connectivity index (χ1) is 10.1. The Labute approximate surface area is 128 Å². The summed E-state index contributed by atoms with van der Waals surface area (Å²) in [6, 6.07) is 7.96. The highest BCUT2D eigenvalue weighted by atomic mass is 32.2. The molecule has 0 bridgehead atoms. The van der Waals surface area contributed by atoms with Crippen LogP contribution in [0, 0.1) is 12.8 Å². The number of hydrogen-bond donors (Lipinski definition) is 0. The molecular weight excluding hydrogens is 288 g/mol. The van der Waals surface area contributed by atoms with E-state index in [1.165, 1.54) is 12.7 Å². The van der Waals surface area contributed by atoms with Crippen molar-refractivity contribution in [2.75, 3.05) is 12.9 Å². The molecule has 0 radical (unpaired) electrons. The van der Waals surface area contributed by atoms with Crippen LogP contribution in [-0.4, -0.2) is 29.0 Å². The quantitative estimate of drug-likeness (QED) is 0.764. The molecule has 0 fully saturated rings. The molecule has 2 rings (SSSR count). The highest BCUT2D eigenvalue weighted by Gasteiger charge is 2.14. The van der Waals surface area contributed by atoms with Gasteiger partial charge in [-0.1, -0.05) is 41.9 Å². The van der Waals surface area contributed by atoms with E-state index in [2.05, 4.69) is 14.9 Å². The van der Waals surface area contributed by atoms with Crippen LogP contribution in [0.3, 0.4) is 0 Å². The number of hydrogen-bond acceptors (Lipinski definition) is 6. The van der Waals surface area contributed by atoms with Crippen LogP contribution in [0.4, 0.5) is 0 Å². The number of ether oxygens (including phenoxy) is 1. The summed E-state index contributed by atoms with van der Waals surface area (Å²) >= 11 is 1.57. The van der Waals surface area contributed by atoms with Crippen LogP contribution in [0.2, 0.25) is 0 Å². The fraction of sp³-hybridized carbons (Fsp3) is 0.400. The van der Waals surface area contributed by atoms with Crippen molar-refractivity contribution in [3.05, 3.63) is 35.7 Å². The maximum Gasteiger partial charge on any atom is 0.309 e. The third-order valence-corrected chi connectivity index (χ3v) is 4.16. The van der Waals surface area contributed by atoms with Gasteiger partial charge in [0.25, 0.3) is 0 Å². The van der Waals surface area contributed by atoms with E-state index >= 15 is 0 Å². The summed E-state index contributed by atoms with van der Waals surface area (Å²) in [5.41, 5.74) is 2.12. The summed E-state index contributed by atoms with van der Waals surface area (Å²) in [5.74, 6) is 2.06. The van der Waals surface area contributed by atoms with Crippen molar-refractivity contribution in [2.45, 2.75) is 19.6 Å². The zero-order valence-corrected chi connectivity index (χ0v) is 13.1. The number of aromatic nitrogens is 2. The van der Waals surface area contributed by atoms with Crippen molar-refractivity contribution < 1.29 is 14.1 Å². The summed E-state index contributed by atoms with van der Waals surface area (Å²) in [6.45, 7) is 3.87. The first-order valence-corrected chi connectivity index (χ1v) is 7.81. The molecule has 2 aromatic rings. The molecule has 1 aromatic heterocycles. The minimum atomic E-state index is -0.201. The Bertz CT molecular complexity index is 595. The second-order valence-corrected chi connectivity index (χ2v) is 5.85. The first-order valence-electron chi connectivity index (χ1n) is 6.65. The number of carbonyl (C=O) groups excluding carboxylic acids is 1. The molecule has 1 aromatic carbocycles. The molecule has 0 aliphatic heterocycles. The average molecular weight is 306 g/mol. The van der Waals surface area contributed by atoms with Gasteiger partial charge in [-0.3, -0.25) is 4.79 Å². The molecule has 1 unspecified atom stereocenters. The first kappa shape index (κ1) is 15.6. The van der Waals surface area contributed by atoms with Crippen LogP contribution >= 0.6 is 11.8 Å². The highest BCUT2D eigenvalue weighted by Crippen LogP contribution is 2.19. The number of esters is 1. The van der Waals surface area contributed by atoms with Crippen LogP contribution in [0.1, 0.15) is 18.4 Å². The smallest absolute Gasteiger partial charge is 0.309 e. The van der Waals surface area contributed by atoms with Crippen molar-refractivity contribution in [3.8, 4) is 11.4 Å². The molecule has 0 saturated heterocycles. The van der Waals surface area contributed by atoms with Crippen molar-refractivity contribution in [1.29, 1.82) is 0 Å². The lowest BCUT2D eigenvalue weighted by Crippen LogP contribution is -2.14. The van der Waals surface area contributed by atoms with E-state index in [0.29, 0.717) is 23.2 Å². The van der Waals surface area contributed by atoms with Crippen molar-refractivity contribution in [2.24, 2.45) is 5.92 Å². The van der Waals surface area contributed by atoms with E-state index in [0.717, 1.165) is 5.56 Å². The zero-order chi connectivity index (χ0) is 15.2. The molecule has 1 atom stereocenters. The van der Waals surface area contributed by atoms with Gasteiger partial charge in [-0.2, -0.15) is 16.7 Å². The van der Waals surface area contributed by atoms with E-state index in [1.807, 2.05) is 38.1 Å². The van der Waals surface area contributed by atoms with Gasteiger partial charge >= 0.3 is 5.97 Å². The van der Waals surface area contributed by atoms with Crippen molar-refractivity contribution >= 4 is 17.7 Å². The minimum Gasteiger partial charge on any atom is -0.469 e. The lowest BCUT2D eigenvalue weighted by molar-refractivity contribution is -0.143. The molecule has 0 aliphatic carbocycles. The number of rotatable bonds is 6. The fourth-order valence-corrected chi connectivity index (χ4v) is 2.62. The Hall–Kier alpha value is -1.82. The van der Waals surface area contributed by atoms with Gasteiger partial charge in [-0.05, 0) is 6.92 Å². The molecule has 0 aliphatic rings. The molecule has 0 saturated carbocycles. The second kappa shape index (κ2) is 7.26. The second-order valence-electron chi connectivity index (χ2n) is 4.82. The third-order valence-electron chi connectivity index (χ3n) is 2.97. The molecule has 0 spiro atoms. The van der Waals surface area contributed by atoms with Crippen LogP contribution < -0.4 is 0 Å². The van der Waals surface area contributed by atoms with Crippen molar-refractivity contribution in [1.82, 2.24) is 10.1 Å². The zero-order valence-electron chi connectivity index (χ0n) is 12.3. The SMILES string of the molecule is COC(=O)C(C)CSCc1nc(-c2ccc(C)cc2)no1. The number of methoxy groups -OCH3 is 1. The summed E-state index contributed by atoms with van der Waals surface area (Å²) in [7, 11) is 1.40. The topological polar surface area (TPSA) is 65.2 Å². The number of nitrogens with zero attached hydrogens (tertiary/aromatic N) is 2. The summed E-state index contributed by atoms with van der Waals surface area (Å²) < 4.78 is 9.90. The highest BCUT2D eigenvalue weighted by molar-refractivity contribution is 7.98. The molecule has 0 amide bonds. The van der Waals surface area contributed by atoms with Gasteiger partial charge in [0.1, 0.15) is 0 Å². The largest absolute Gasteiger partial charge is 0.469 e. The van der Waals surface area contributed by atoms with E-state index in [-0.39, 0.29) is 11.9 Å². The molecule has 0 N–H and O–H groups in total. The minimum absolute atomic E-state index is 0.139. The normalized spacial score (nSPS) is 12.1. The van der Waals surface area contributed by atoms with Crippen LogP contribution in [-0.2, 0) is 15.3 Å². The Morgan fingerprint density at radius 1 is 1.38 bits per heavy atom. The number of aryl methyl sites for hydroxylation is 1. The third kappa shape index (κ3) is 4.32. The van der Waals surface area contributed by atoms with Gasteiger partial charge in [0.2, 0.25) is 11.7 Å².